The van der Waals surface area contributed by atoms with Gasteiger partial charge in [-0.25, -0.2) is 0 Å². The fourth-order valence-electron chi connectivity index (χ4n) is 1.29. The van der Waals surface area contributed by atoms with Crippen molar-refractivity contribution in [1.82, 2.24) is 5.32 Å². The van der Waals surface area contributed by atoms with Crippen LogP contribution in [0.1, 0.15) is 40.0 Å². The van der Waals surface area contributed by atoms with Gasteiger partial charge in [0.1, 0.15) is 0 Å². The molecule has 4 heteroatoms. The van der Waals surface area contributed by atoms with Crippen molar-refractivity contribution in [2.75, 3.05) is 19.3 Å². The second kappa shape index (κ2) is 7.36. The molecule has 0 spiro atoms. The third kappa shape index (κ3) is 6.28. The van der Waals surface area contributed by atoms with E-state index in [9.17, 15) is 9.32 Å². The van der Waals surface area contributed by atoms with Crippen LogP contribution in [-0.2, 0) is 10.8 Å². The van der Waals surface area contributed by atoms with Gasteiger partial charge in [0.25, 0.3) is 0 Å². The molecule has 2 N–H and O–H groups in total. The Labute approximate surface area is 96.1 Å². The van der Waals surface area contributed by atoms with E-state index in [0.29, 0.717) is 6.54 Å². The lowest BCUT2D eigenvalue weighted by molar-refractivity contribution is 0.0327. The van der Waals surface area contributed by atoms with E-state index in [1.54, 1.807) is 6.26 Å². The van der Waals surface area contributed by atoms with Crippen LogP contribution < -0.4 is 5.32 Å². The molecule has 0 bridgehead atoms. The summed E-state index contributed by atoms with van der Waals surface area (Å²) in [6, 6.07) is 0. The molecule has 3 nitrogen and oxygen atoms in total. The SMILES string of the molecule is CCC(O)(CC)CNCCC(C)S(C)=O. The Balaban J connectivity index is 3.66. The molecule has 2 atom stereocenters. The van der Waals surface area contributed by atoms with Gasteiger partial charge in [0.05, 0.1) is 5.60 Å². The highest BCUT2D eigenvalue weighted by molar-refractivity contribution is 7.84. The van der Waals surface area contributed by atoms with Crippen LogP contribution in [0, 0.1) is 0 Å². The first-order valence-electron chi connectivity index (χ1n) is 5.70. The monoisotopic (exact) mass is 235 g/mol. The fourth-order valence-corrected chi connectivity index (χ4v) is 1.74. The van der Waals surface area contributed by atoms with Gasteiger partial charge in [-0.05, 0) is 25.8 Å². The topological polar surface area (TPSA) is 49.3 Å². The Hall–Kier alpha value is 0.0700. The van der Waals surface area contributed by atoms with E-state index in [0.717, 1.165) is 25.8 Å². The highest BCUT2D eigenvalue weighted by Gasteiger charge is 2.21. The molecule has 92 valence electrons. The number of hydrogen-bond donors (Lipinski definition) is 2. The van der Waals surface area contributed by atoms with E-state index in [1.807, 2.05) is 20.8 Å². The maximum atomic E-state index is 11.1. The predicted molar refractivity (Wildman–Crippen MR) is 66.5 cm³/mol. The quantitative estimate of drug-likeness (QED) is 0.623. The molecule has 0 aliphatic carbocycles. The van der Waals surface area contributed by atoms with E-state index in [-0.39, 0.29) is 5.25 Å². The summed E-state index contributed by atoms with van der Waals surface area (Å²) in [5.41, 5.74) is -0.575. The van der Waals surface area contributed by atoms with Crippen molar-refractivity contribution in [3.05, 3.63) is 0 Å². The Bertz CT molecular complexity index is 193. The summed E-state index contributed by atoms with van der Waals surface area (Å²) in [4.78, 5) is 0. The van der Waals surface area contributed by atoms with Crippen LogP contribution in [0.5, 0.6) is 0 Å². The molecule has 0 radical (unpaired) electrons. The summed E-state index contributed by atoms with van der Waals surface area (Å²) in [5.74, 6) is 0. The Morgan fingerprint density at radius 2 is 1.93 bits per heavy atom. The van der Waals surface area contributed by atoms with E-state index < -0.39 is 16.4 Å². The minimum absolute atomic E-state index is 0.230. The largest absolute Gasteiger partial charge is 0.389 e. The Morgan fingerprint density at radius 1 is 1.40 bits per heavy atom. The van der Waals surface area contributed by atoms with Crippen LogP contribution in [-0.4, -0.2) is 39.5 Å². The van der Waals surface area contributed by atoms with Gasteiger partial charge < -0.3 is 10.4 Å². The standard InChI is InChI=1S/C11H25NO2S/c1-5-11(13,6-2)9-12-8-7-10(3)15(4)14/h10,12-13H,5-9H2,1-4H3. The summed E-state index contributed by atoms with van der Waals surface area (Å²) < 4.78 is 11.1. The molecule has 0 aliphatic heterocycles. The second-order valence-corrected chi connectivity index (χ2v) is 6.01. The zero-order valence-corrected chi connectivity index (χ0v) is 11.2. The van der Waals surface area contributed by atoms with Gasteiger partial charge in [0.15, 0.2) is 0 Å². The molecular weight excluding hydrogens is 210 g/mol. The average Bonchev–Trinajstić information content (AvgIpc) is 2.23. The first-order valence-corrected chi connectivity index (χ1v) is 7.32. The molecule has 0 amide bonds. The minimum Gasteiger partial charge on any atom is -0.389 e. The van der Waals surface area contributed by atoms with Crippen LogP contribution in [0.4, 0.5) is 0 Å². The molecule has 2 unspecified atom stereocenters. The van der Waals surface area contributed by atoms with Gasteiger partial charge in [0.2, 0.25) is 0 Å². The highest BCUT2D eigenvalue weighted by Crippen LogP contribution is 2.12. The van der Waals surface area contributed by atoms with Gasteiger partial charge >= 0.3 is 0 Å². The molecule has 0 heterocycles. The Morgan fingerprint density at radius 3 is 2.33 bits per heavy atom. The number of nitrogens with one attached hydrogen (secondary N) is 1. The molecule has 0 rings (SSSR count). The maximum Gasteiger partial charge on any atom is 0.0766 e. The van der Waals surface area contributed by atoms with Crippen molar-refractivity contribution in [1.29, 1.82) is 0 Å². The fraction of sp³-hybridized carbons (Fsp3) is 1.00. The van der Waals surface area contributed by atoms with Crippen LogP contribution in [0.25, 0.3) is 0 Å². The number of aliphatic hydroxyl groups is 1. The van der Waals surface area contributed by atoms with Crippen molar-refractivity contribution >= 4 is 10.8 Å². The molecule has 15 heavy (non-hydrogen) atoms. The smallest absolute Gasteiger partial charge is 0.0766 e. The van der Waals surface area contributed by atoms with Gasteiger partial charge in [-0.15, -0.1) is 0 Å². The summed E-state index contributed by atoms with van der Waals surface area (Å²) >= 11 is 0. The first-order chi connectivity index (χ1) is 6.95. The summed E-state index contributed by atoms with van der Waals surface area (Å²) in [5, 5.41) is 13.4. The van der Waals surface area contributed by atoms with E-state index in [1.165, 1.54) is 0 Å². The highest BCUT2D eigenvalue weighted by atomic mass is 32.2. The molecule has 0 saturated carbocycles. The molecule has 0 aromatic heterocycles. The van der Waals surface area contributed by atoms with Gasteiger partial charge in [-0.1, -0.05) is 20.8 Å². The Kier molecular flexibility index (Phi) is 7.40. The van der Waals surface area contributed by atoms with E-state index in [4.69, 9.17) is 0 Å². The van der Waals surface area contributed by atoms with Crippen LogP contribution in [0.15, 0.2) is 0 Å². The normalized spacial score (nSPS) is 16.3. The van der Waals surface area contributed by atoms with Crippen molar-refractivity contribution in [2.24, 2.45) is 0 Å². The molecule has 0 aromatic carbocycles. The lowest BCUT2D eigenvalue weighted by Gasteiger charge is -2.25. The zero-order chi connectivity index (χ0) is 11.9. The number of rotatable bonds is 8. The molecule has 0 saturated heterocycles. The zero-order valence-electron chi connectivity index (χ0n) is 10.4. The maximum absolute atomic E-state index is 11.1. The summed E-state index contributed by atoms with van der Waals surface area (Å²) in [6.45, 7) is 7.43. The molecule has 0 aliphatic rings. The predicted octanol–water partition coefficient (Wildman–Crippen LogP) is 1.28. The lowest BCUT2D eigenvalue weighted by Crippen LogP contribution is -2.40. The van der Waals surface area contributed by atoms with Crippen LogP contribution in [0.2, 0.25) is 0 Å². The summed E-state index contributed by atoms with van der Waals surface area (Å²) in [6.07, 6.45) is 4.17. The molecule has 0 fully saturated rings. The van der Waals surface area contributed by atoms with Crippen molar-refractivity contribution in [3.63, 3.8) is 0 Å². The first kappa shape index (κ1) is 15.1. The van der Waals surface area contributed by atoms with Gasteiger partial charge in [-0.3, -0.25) is 4.21 Å². The molecular formula is C11H25NO2S. The minimum atomic E-state index is -0.741. The average molecular weight is 235 g/mol. The third-order valence-corrected chi connectivity index (χ3v) is 4.43. The van der Waals surface area contributed by atoms with Crippen LogP contribution >= 0.6 is 0 Å². The van der Waals surface area contributed by atoms with Gasteiger partial charge in [0, 0.05) is 28.9 Å². The third-order valence-electron chi connectivity index (χ3n) is 3.06. The van der Waals surface area contributed by atoms with Crippen molar-refractivity contribution in [3.8, 4) is 0 Å². The van der Waals surface area contributed by atoms with Gasteiger partial charge in [-0.2, -0.15) is 0 Å². The van der Waals surface area contributed by atoms with E-state index in [2.05, 4.69) is 5.32 Å². The van der Waals surface area contributed by atoms with Crippen molar-refractivity contribution in [2.45, 2.75) is 50.9 Å². The van der Waals surface area contributed by atoms with Crippen molar-refractivity contribution < 1.29 is 9.32 Å². The summed E-state index contributed by atoms with van der Waals surface area (Å²) in [7, 11) is -0.741. The van der Waals surface area contributed by atoms with E-state index >= 15 is 0 Å². The lowest BCUT2D eigenvalue weighted by atomic mass is 9.98. The molecule has 0 aromatic rings. The number of hydrogen-bond acceptors (Lipinski definition) is 3. The second-order valence-electron chi connectivity index (χ2n) is 4.21. The van der Waals surface area contributed by atoms with Crippen LogP contribution in [0.3, 0.4) is 0 Å².